The monoisotopic (exact) mass is 432 g/mol. The molecule has 5 nitrogen and oxygen atoms in total. The molecule has 1 amide bonds. The van der Waals surface area contributed by atoms with Crippen LogP contribution in [0.15, 0.2) is 54.7 Å². The minimum Gasteiger partial charge on any atom is -0.491 e. The summed E-state index contributed by atoms with van der Waals surface area (Å²) in [4.78, 5) is 17.6. The van der Waals surface area contributed by atoms with E-state index in [1.165, 1.54) is 12.1 Å². The predicted molar refractivity (Wildman–Crippen MR) is 110 cm³/mol. The SMILES string of the molecule is O=C(CCc1c[nH]c2ccccc12)N1CCOC(COc2cccc(C(F)(F)F)c2)C1. The molecule has 4 rings (SSSR count). The molecule has 1 atom stereocenters. The summed E-state index contributed by atoms with van der Waals surface area (Å²) in [6, 6.07) is 12.7. The van der Waals surface area contributed by atoms with Gasteiger partial charge in [0.2, 0.25) is 5.91 Å². The number of alkyl halides is 3. The predicted octanol–water partition coefficient (Wildman–Crippen LogP) is 4.43. The van der Waals surface area contributed by atoms with E-state index in [9.17, 15) is 18.0 Å². The van der Waals surface area contributed by atoms with Gasteiger partial charge in [-0.3, -0.25) is 4.79 Å². The van der Waals surface area contributed by atoms with Crippen molar-refractivity contribution in [2.24, 2.45) is 0 Å². The van der Waals surface area contributed by atoms with Crippen LogP contribution in [0.25, 0.3) is 10.9 Å². The normalized spacial score (nSPS) is 17.1. The zero-order valence-electron chi connectivity index (χ0n) is 16.8. The summed E-state index contributed by atoms with van der Waals surface area (Å²) in [6.45, 7) is 1.29. The summed E-state index contributed by atoms with van der Waals surface area (Å²) in [7, 11) is 0. The van der Waals surface area contributed by atoms with Gasteiger partial charge in [-0.25, -0.2) is 0 Å². The number of morpholine rings is 1. The Morgan fingerprint density at radius 2 is 2.03 bits per heavy atom. The van der Waals surface area contributed by atoms with Gasteiger partial charge in [0, 0.05) is 30.1 Å². The highest BCUT2D eigenvalue weighted by molar-refractivity contribution is 5.84. The van der Waals surface area contributed by atoms with Gasteiger partial charge in [-0.2, -0.15) is 13.2 Å². The largest absolute Gasteiger partial charge is 0.491 e. The van der Waals surface area contributed by atoms with Gasteiger partial charge in [-0.15, -0.1) is 0 Å². The number of para-hydroxylation sites is 1. The molecule has 1 unspecified atom stereocenters. The molecule has 0 bridgehead atoms. The number of carbonyl (C=O) groups excluding carboxylic acids is 1. The summed E-state index contributed by atoms with van der Waals surface area (Å²) in [5.74, 6) is 0.152. The number of ether oxygens (including phenoxy) is 2. The van der Waals surface area contributed by atoms with Gasteiger partial charge in [0.1, 0.15) is 18.5 Å². The third-order valence-corrected chi connectivity index (χ3v) is 5.37. The molecule has 1 aliphatic rings. The highest BCUT2D eigenvalue weighted by Crippen LogP contribution is 2.31. The highest BCUT2D eigenvalue weighted by Gasteiger charge is 2.31. The summed E-state index contributed by atoms with van der Waals surface area (Å²) in [5.41, 5.74) is 1.38. The van der Waals surface area contributed by atoms with Crippen LogP contribution in [-0.2, 0) is 22.1 Å². The van der Waals surface area contributed by atoms with Crippen LogP contribution in [0.2, 0.25) is 0 Å². The van der Waals surface area contributed by atoms with E-state index in [0.29, 0.717) is 32.5 Å². The second-order valence-electron chi connectivity index (χ2n) is 7.53. The van der Waals surface area contributed by atoms with Crippen molar-refractivity contribution < 1.29 is 27.4 Å². The van der Waals surface area contributed by atoms with E-state index in [2.05, 4.69) is 4.98 Å². The van der Waals surface area contributed by atoms with Gasteiger partial charge in [0.05, 0.1) is 18.7 Å². The lowest BCUT2D eigenvalue weighted by molar-refractivity contribution is -0.140. The number of nitrogens with one attached hydrogen (secondary N) is 1. The van der Waals surface area contributed by atoms with Crippen molar-refractivity contribution in [3.8, 4) is 5.75 Å². The van der Waals surface area contributed by atoms with Gasteiger partial charge >= 0.3 is 6.18 Å². The molecule has 31 heavy (non-hydrogen) atoms. The average Bonchev–Trinajstić information content (AvgIpc) is 3.19. The smallest absolute Gasteiger partial charge is 0.416 e. The van der Waals surface area contributed by atoms with Crippen LogP contribution in [0.1, 0.15) is 17.5 Å². The molecular formula is C23H23F3N2O3. The third-order valence-electron chi connectivity index (χ3n) is 5.37. The van der Waals surface area contributed by atoms with Gasteiger partial charge < -0.3 is 19.4 Å². The first-order chi connectivity index (χ1) is 14.9. The molecule has 1 aromatic heterocycles. The van der Waals surface area contributed by atoms with Crippen molar-refractivity contribution in [2.45, 2.75) is 25.1 Å². The van der Waals surface area contributed by atoms with Crippen LogP contribution in [0.3, 0.4) is 0 Å². The first-order valence-electron chi connectivity index (χ1n) is 10.1. The van der Waals surface area contributed by atoms with Crippen LogP contribution in [-0.4, -0.2) is 48.2 Å². The van der Waals surface area contributed by atoms with Crippen molar-refractivity contribution in [2.75, 3.05) is 26.3 Å². The number of hydrogen-bond acceptors (Lipinski definition) is 3. The number of H-pyrrole nitrogens is 1. The Kier molecular flexibility index (Phi) is 6.18. The van der Waals surface area contributed by atoms with Crippen LogP contribution in [0.5, 0.6) is 5.75 Å². The third kappa shape index (κ3) is 5.19. The number of aryl methyl sites for hydroxylation is 1. The van der Waals surface area contributed by atoms with Crippen LogP contribution < -0.4 is 4.74 Å². The standard InChI is InChI=1S/C23H23F3N2O3/c24-23(25,26)17-4-3-5-18(12-17)31-15-19-14-28(10-11-30-19)22(29)9-8-16-13-27-21-7-2-1-6-20(16)21/h1-7,12-13,19,27H,8-11,14-15H2. The Morgan fingerprint density at radius 1 is 1.19 bits per heavy atom. The molecule has 1 fully saturated rings. The number of halogens is 3. The lowest BCUT2D eigenvalue weighted by Crippen LogP contribution is -2.47. The first kappa shape index (κ1) is 21.2. The fourth-order valence-electron chi connectivity index (χ4n) is 3.74. The number of benzene rings is 2. The molecule has 2 heterocycles. The highest BCUT2D eigenvalue weighted by atomic mass is 19.4. The summed E-state index contributed by atoms with van der Waals surface area (Å²) >= 11 is 0. The second kappa shape index (κ2) is 9.01. The minimum atomic E-state index is -4.42. The van der Waals surface area contributed by atoms with Gasteiger partial charge in [-0.1, -0.05) is 24.3 Å². The number of rotatable bonds is 6. The van der Waals surface area contributed by atoms with E-state index in [1.54, 1.807) is 4.90 Å². The maximum atomic E-state index is 12.8. The van der Waals surface area contributed by atoms with Gasteiger partial charge in [0.15, 0.2) is 0 Å². The van der Waals surface area contributed by atoms with E-state index in [-0.39, 0.29) is 24.4 Å². The summed E-state index contributed by atoms with van der Waals surface area (Å²) in [6.07, 6.45) is -1.87. The molecule has 3 aromatic rings. The zero-order chi connectivity index (χ0) is 21.8. The first-order valence-corrected chi connectivity index (χ1v) is 10.1. The number of aromatic nitrogens is 1. The molecule has 1 N–H and O–H groups in total. The molecule has 0 aliphatic carbocycles. The molecule has 2 aromatic carbocycles. The van der Waals surface area contributed by atoms with Crippen LogP contribution >= 0.6 is 0 Å². The molecule has 0 radical (unpaired) electrons. The number of carbonyl (C=O) groups is 1. The number of nitrogens with zero attached hydrogens (tertiary/aromatic N) is 1. The lowest BCUT2D eigenvalue weighted by atomic mass is 10.1. The van der Waals surface area contributed by atoms with E-state index >= 15 is 0 Å². The number of amides is 1. The Hall–Kier alpha value is -3.00. The summed E-state index contributed by atoms with van der Waals surface area (Å²) < 4.78 is 49.7. The second-order valence-corrected chi connectivity index (χ2v) is 7.53. The Labute approximate surface area is 177 Å². The maximum absolute atomic E-state index is 12.8. The number of hydrogen-bond donors (Lipinski definition) is 1. The van der Waals surface area contributed by atoms with Crippen molar-refractivity contribution in [3.63, 3.8) is 0 Å². The molecule has 8 heteroatoms. The summed E-state index contributed by atoms with van der Waals surface area (Å²) in [5, 5.41) is 1.12. The van der Waals surface area contributed by atoms with Crippen LogP contribution in [0.4, 0.5) is 13.2 Å². The number of aromatic amines is 1. The maximum Gasteiger partial charge on any atom is 0.416 e. The molecule has 0 spiro atoms. The molecule has 164 valence electrons. The minimum absolute atomic E-state index is 0.0256. The average molecular weight is 432 g/mol. The Morgan fingerprint density at radius 3 is 2.87 bits per heavy atom. The van der Waals surface area contributed by atoms with Gasteiger partial charge in [-0.05, 0) is 36.2 Å². The Balaban J connectivity index is 1.29. The molecule has 1 saturated heterocycles. The lowest BCUT2D eigenvalue weighted by Gasteiger charge is -2.33. The van der Waals surface area contributed by atoms with Crippen molar-refractivity contribution >= 4 is 16.8 Å². The van der Waals surface area contributed by atoms with Gasteiger partial charge in [0.25, 0.3) is 0 Å². The Bertz CT molecular complexity index is 1050. The van der Waals surface area contributed by atoms with E-state index in [4.69, 9.17) is 9.47 Å². The molecule has 0 saturated carbocycles. The van der Waals surface area contributed by atoms with E-state index in [1.807, 2.05) is 30.5 Å². The molecular weight excluding hydrogens is 409 g/mol. The quantitative estimate of drug-likeness (QED) is 0.627. The molecule has 1 aliphatic heterocycles. The zero-order valence-corrected chi connectivity index (χ0v) is 16.8. The number of fused-ring (bicyclic) bond motifs is 1. The van der Waals surface area contributed by atoms with E-state index in [0.717, 1.165) is 28.6 Å². The van der Waals surface area contributed by atoms with Crippen molar-refractivity contribution in [1.29, 1.82) is 0 Å². The van der Waals surface area contributed by atoms with Crippen molar-refractivity contribution in [1.82, 2.24) is 9.88 Å². The fraction of sp³-hybridized carbons (Fsp3) is 0.348. The fourth-order valence-corrected chi connectivity index (χ4v) is 3.74. The topological polar surface area (TPSA) is 54.6 Å². The van der Waals surface area contributed by atoms with Crippen LogP contribution in [0, 0.1) is 0 Å². The van der Waals surface area contributed by atoms with E-state index < -0.39 is 11.7 Å². The van der Waals surface area contributed by atoms with Crippen molar-refractivity contribution in [3.05, 3.63) is 65.9 Å².